The number of carboxylic acid groups (broad SMARTS) is 1. The Hall–Kier alpha value is -1.07. The van der Waals surface area contributed by atoms with Crippen molar-refractivity contribution in [1.82, 2.24) is 4.90 Å². The van der Waals surface area contributed by atoms with Gasteiger partial charge in [0.15, 0.2) is 0 Å². The van der Waals surface area contributed by atoms with E-state index >= 15 is 0 Å². The Kier molecular flexibility index (Phi) is 4.60. The zero-order valence-corrected chi connectivity index (χ0v) is 11.7. The predicted molar refractivity (Wildman–Crippen MR) is 75.3 cm³/mol. The van der Waals surface area contributed by atoms with Gasteiger partial charge >= 0.3 is 5.97 Å². The lowest BCUT2D eigenvalue weighted by Crippen LogP contribution is -2.26. The number of hydrogen-bond donors (Lipinski definition) is 2. The molecule has 98 valence electrons. The minimum absolute atomic E-state index is 0.319. The van der Waals surface area contributed by atoms with E-state index in [1.807, 2.05) is 6.07 Å². The Morgan fingerprint density at radius 3 is 2.78 bits per heavy atom. The van der Waals surface area contributed by atoms with Crippen LogP contribution < -0.4 is 5.32 Å². The van der Waals surface area contributed by atoms with E-state index in [4.69, 9.17) is 5.11 Å². The fraction of sp³-hybridized carbons (Fsp3) is 0.462. The molecule has 0 amide bonds. The summed E-state index contributed by atoms with van der Waals surface area (Å²) in [6, 6.07) is 5.17. The minimum Gasteiger partial charge on any atom is -0.478 e. The first-order valence-corrected chi connectivity index (χ1v) is 6.95. The second kappa shape index (κ2) is 6.20. The molecule has 1 fully saturated rings. The van der Waals surface area contributed by atoms with Gasteiger partial charge in [0.2, 0.25) is 0 Å². The van der Waals surface area contributed by atoms with Gasteiger partial charge in [-0.1, -0.05) is 15.9 Å². The largest absolute Gasteiger partial charge is 0.478 e. The first-order chi connectivity index (χ1) is 8.66. The van der Waals surface area contributed by atoms with E-state index in [9.17, 15) is 4.79 Å². The Balaban J connectivity index is 1.94. The Morgan fingerprint density at radius 2 is 2.11 bits per heavy atom. The maximum Gasteiger partial charge on any atom is 0.337 e. The van der Waals surface area contributed by atoms with E-state index in [1.54, 1.807) is 12.1 Å². The summed E-state index contributed by atoms with van der Waals surface area (Å²) in [5, 5.41) is 12.3. The van der Waals surface area contributed by atoms with Crippen molar-refractivity contribution < 1.29 is 9.90 Å². The summed E-state index contributed by atoms with van der Waals surface area (Å²) >= 11 is 3.36. The highest BCUT2D eigenvalue weighted by atomic mass is 79.9. The third-order valence-corrected chi connectivity index (χ3v) is 3.65. The predicted octanol–water partition coefficient (Wildman–Crippen LogP) is 2.66. The van der Waals surface area contributed by atoms with Gasteiger partial charge in [-0.3, -0.25) is 0 Å². The molecule has 1 saturated heterocycles. The third-order valence-electron chi connectivity index (χ3n) is 3.15. The van der Waals surface area contributed by atoms with Crippen molar-refractivity contribution in [3.8, 4) is 0 Å². The van der Waals surface area contributed by atoms with Crippen molar-refractivity contribution >= 4 is 27.6 Å². The second-order valence-electron chi connectivity index (χ2n) is 4.47. The summed E-state index contributed by atoms with van der Waals surface area (Å²) in [4.78, 5) is 13.5. The molecule has 0 atom stereocenters. The molecule has 0 aliphatic carbocycles. The Bertz CT molecular complexity index is 431. The van der Waals surface area contributed by atoms with E-state index in [0.29, 0.717) is 11.3 Å². The standard InChI is InChI=1S/C13H17BrN2O2/c14-10-3-4-11(13(17)18)12(9-10)15-5-8-16-6-1-2-7-16/h3-4,9,15H,1-2,5-8H2,(H,17,18). The molecule has 1 heterocycles. The number of benzene rings is 1. The molecule has 0 saturated carbocycles. The number of likely N-dealkylation sites (tertiary alicyclic amines) is 1. The van der Waals surface area contributed by atoms with Crippen LogP contribution in [0.4, 0.5) is 5.69 Å². The molecular formula is C13H17BrN2O2. The first-order valence-electron chi connectivity index (χ1n) is 6.16. The normalized spacial score (nSPS) is 15.8. The Morgan fingerprint density at radius 1 is 1.39 bits per heavy atom. The van der Waals surface area contributed by atoms with Crippen LogP contribution in [-0.4, -0.2) is 42.2 Å². The van der Waals surface area contributed by atoms with Crippen LogP contribution in [-0.2, 0) is 0 Å². The van der Waals surface area contributed by atoms with Crippen LogP contribution in [0.1, 0.15) is 23.2 Å². The molecule has 2 rings (SSSR count). The summed E-state index contributed by atoms with van der Waals surface area (Å²) in [5.74, 6) is -0.897. The fourth-order valence-corrected chi connectivity index (χ4v) is 2.57. The topological polar surface area (TPSA) is 52.6 Å². The summed E-state index contributed by atoms with van der Waals surface area (Å²) in [7, 11) is 0. The smallest absolute Gasteiger partial charge is 0.337 e. The molecule has 0 bridgehead atoms. The second-order valence-corrected chi connectivity index (χ2v) is 5.39. The van der Waals surface area contributed by atoms with E-state index in [1.165, 1.54) is 12.8 Å². The van der Waals surface area contributed by atoms with Crippen molar-refractivity contribution in [2.75, 3.05) is 31.5 Å². The molecule has 2 N–H and O–H groups in total. The van der Waals surface area contributed by atoms with Crippen molar-refractivity contribution in [2.45, 2.75) is 12.8 Å². The highest BCUT2D eigenvalue weighted by Crippen LogP contribution is 2.21. The first kappa shape index (κ1) is 13.4. The van der Waals surface area contributed by atoms with Gasteiger partial charge in [-0.2, -0.15) is 0 Å². The summed E-state index contributed by atoms with van der Waals surface area (Å²) in [6.45, 7) is 4.06. The zero-order valence-electron chi connectivity index (χ0n) is 10.2. The number of carboxylic acids is 1. The number of nitrogens with zero attached hydrogens (tertiary/aromatic N) is 1. The minimum atomic E-state index is -0.897. The maximum atomic E-state index is 11.1. The van der Waals surface area contributed by atoms with Crippen LogP contribution in [0.3, 0.4) is 0 Å². The van der Waals surface area contributed by atoms with Crippen LogP contribution >= 0.6 is 15.9 Å². The van der Waals surface area contributed by atoms with Crippen LogP contribution in [0, 0.1) is 0 Å². The molecule has 1 aliphatic heterocycles. The number of anilines is 1. The van der Waals surface area contributed by atoms with Gasteiger partial charge in [0.1, 0.15) is 0 Å². The average Bonchev–Trinajstić information content (AvgIpc) is 2.82. The van der Waals surface area contributed by atoms with Crippen molar-refractivity contribution in [3.05, 3.63) is 28.2 Å². The lowest BCUT2D eigenvalue weighted by Gasteiger charge is -2.16. The molecule has 18 heavy (non-hydrogen) atoms. The summed E-state index contributed by atoms with van der Waals surface area (Å²) < 4.78 is 0.885. The van der Waals surface area contributed by atoms with E-state index < -0.39 is 5.97 Å². The van der Waals surface area contributed by atoms with E-state index in [-0.39, 0.29) is 0 Å². The summed E-state index contributed by atoms with van der Waals surface area (Å²) in [6.07, 6.45) is 2.55. The zero-order chi connectivity index (χ0) is 13.0. The number of rotatable bonds is 5. The molecule has 5 heteroatoms. The summed E-state index contributed by atoms with van der Waals surface area (Å²) in [5.41, 5.74) is 0.996. The van der Waals surface area contributed by atoms with Gasteiger partial charge in [0.05, 0.1) is 5.56 Å². The maximum absolute atomic E-state index is 11.1. The number of hydrogen-bond acceptors (Lipinski definition) is 3. The van der Waals surface area contributed by atoms with Crippen molar-refractivity contribution in [2.24, 2.45) is 0 Å². The lowest BCUT2D eigenvalue weighted by molar-refractivity contribution is 0.0698. The van der Waals surface area contributed by atoms with Crippen LogP contribution in [0.15, 0.2) is 22.7 Å². The highest BCUT2D eigenvalue weighted by Gasteiger charge is 2.12. The van der Waals surface area contributed by atoms with Gasteiger partial charge in [0.25, 0.3) is 0 Å². The van der Waals surface area contributed by atoms with Crippen LogP contribution in [0.2, 0.25) is 0 Å². The van der Waals surface area contributed by atoms with Gasteiger partial charge in [-0.05, 0) is 44.1 Å². The van der Waals surface area contributed by atoms with E-state index in [0.717, 1.165) is 30.7 Å². The number of halogens is 1. The number of aromatic carboxylic acids is 1. The van der Waals surface area contributed by atoms with Crippen LogP contribution in [0.5, 0.6) is 0 Å². The molecule has 4 nitrogen and oxygen atoms in total. The molecule has 0 radical (unpaired) electrons. The number of nitrogens with one attached hydrogen (secondary N) is 1. The highest BCUT2D eigenvalue weighted by molar-refractivity contribution is 9.10. The van der Waals surface area contributed by atoms with Gasteiger partial charge < -0.3 is 15.3 Å². The Labute approximate surface area is 115 Å². The molecule has 0 unspecified atom stereocenters. The van der Waals surface area contributed by atoms with Gasteiger partial charge in [-0.15, -0.1) is 0 Å². The molecular weight excluding hydrogens is 296 g/mol. The van der Waals surface area contributed by atoms with E-state index in [2.05, 4.69) is 26.1 Å². The quantitative estimate of drug-likeness (QED) is 0.877. The third kappa shape index (κ3) is 3.46. The molecule has 1 aliphatic rings. The van der Waals surface area contributed by atoms with Crippen molar-refractivity contribution in [1.29, 1.82) is 0 Å². The molecule has 1 aromatic rings. The lowest BCUT2D eigenvalue weighted by atomic mass is 10.2. The average molecular weight is 313 g/mol. The fourth-order valence-electron chi connectivity index (χ4n) is 2.20. The molecule has 0 spiro atoms. The molecule has 1 aromatic carbocycles. The van der Waals surface area contributed by atoms with Crippen LogP contribution in [0.25, 0.3) is 0 Å². The monoisotopic (exact) mass is 312 g/mol. The molecule has 0 aromatic heterocycles. The van der Waals surface area contributed by atoms with Gasteiger partial charge in [-0.25, -0.2) is 4.79 Å². The van der Waals surface area contributed by atoms with Crippen molar-refractivity contribution in [3.63, 3.8) is 0 Å². The number of carbonyl (C=O) groups is 1. The SMILES string of the molecule is O=C(O)c1ccc(Br)cc1NCCN1CCCC1. The van der Waals surface area contributed by atoms with Gasteiger partial charge in [0, 0.05) is 23.2 Å².